The maximum Gasteiger partial charge on any atom is 0.148 e. The van der Waals surface area contributed by atoms with Crippen LogP contribution < -0.4 is 10.6 Å². The Hall–Kier alpha value is -0.880. The summed E-state index contributed by atoms with van der Waals surface area (Å²) in [6, 6.07) is 1.99. The van der Waals surface area contributed by atoms with Gasteiger partial charge in [-0.15, -0.1) is 0 Å². The minimum Gasteiger partial charge on any atom is -0.383 e. The summed E-state index contributed by atoms with van der Waals surface area (Å²) in [6.45, 7) is 4.34. The van der Waals surface area contributed by atoms with Crippen LogP contribution in [0, 0.1) is 0 Å². The highest BCUT2D eigenvalue weighted by Crippen LogP contribution is 2.28. The maximum atomic E-state index is 6.36. The van der Waals surface area contributed by atoms with Gasteiger partial charge in [0, 0.05) is 33.5 Å². The molecule has 1 rings (SSSR count). The van der Waals surface area contributed by atoms with E-state index >= 15 is 0 Å². The Morgan fingerprint density at radius 2 is 2.16 bits per heavy atom. The molecule has 1 atom stereocenters. The molecule has 108 valence electrons. The molecular formula is C13H22ClN3O2. The molecule has 0 aliphatic rings. The minimum absolute atomic E-state index is 0.151. The number of methoxy groups -OCH3 is 2. The smallest absolute Gasteiger partial charge is 0.148 e. The van der Waals surface area contributed by atoms with Crippen molar-refractivity contribution in [3.8, 4) is 0 Å². The lowest BCUT2D eigenvalue weighted by atomic mass is 10.2. The first-order valence-corrected chi connectivity index (χ1v) is 6.61. The number of ether oxygens (including phenoxy) is 2. The Labute approximate surface area is 119 Å². The quantitative estimate of drug-likeness (QED) is 0.788. The molecule has 1 aromatic rings. The molecule has 5 nitrogen and oxygen atoms in total. The normalized spacial score (nSPS) is 12.5. The standard InChI is InChI=1S/C13H22ClN3O2/c1-10(9-19-3)17(6-7-18-2)13-12(14)11(8-15)4-5-16-13/h4-5,10H,6-9,15H2,1-3H3. The summed E-state index contributed by atoms with van der Waals surface area (Å²) in [7, 11) is 3.35. The second-order valence-electron chi connectivity index (χ2n) is 4.30. The molecule has 2 N–H and O–H groups in total. The molecule has 0 aromatic carbocycles. The van der Waals surface area contributed by atoms with Gasteiger partial charge in [0.2, 0.25) is 0 Å². The number of hydrogen-bond donors (Lipinski definition) is 1. The van der Waals surface area contributed by atoms with E-state index in [0.29, 0.717) is 31.3 Å². The van der Waals surface area contributed by atoms with Crippen LogP contribution in [0.4, 0.5) is 5.82 Å². The van der Waals surface area contributed by atoms with Gasteiger partial charge in [0.1, 0.15) is 5.82 Å². The zero-order valence-electron chi connectivity index (χ0n) is 11.7. The maximum absolute atomic E-state index is 6.36. The molecular weight excluding hydrogens is 266 g/mol. The highest BCUT2D eigenvalue weighted by molar-refractivity contribution is 6.33. The third-order valence-electron chi connectivity index (χ3n) is 2.92. The third kappa shape index (κ3) is 4.31. The van der Waals surface area contributed by atoms with Crippen molar-refractivity contribution in [2.75, 3.05) is 38.9 Å². The molecule has 0 saturated heterocycles. The molecule has 0 saturated carbocycles. The molecule has 0 aliphatic carbocycles. The summed E-state index contributed by atoms with van der Waals surface area (Å²) in [5.74, 6) is 0.728. The first kappa shape index (κ1) is 16.2. The van der Waals surface area contributed by atoms with E-state index in [9.17, 15) is 0 Å². The van der Waals surface area contributed by atoms with E-state index in [-0.39, 0.29) is 6.04 Å². The Morgan fingerprint density at radius 3 is 2.74 bits per heavy atom. The first-order chi connectivity index (χ1) is 9.15. The van der Waals surface area contributed by atoms with E-state index in [4.69, 9.17) is 26.8 Å². The summed E-state index contributed by atoms with van der Waals surface area (Å²) in [4.78, 5) is 6.45. The number of pyridine rings is 1. The Balaban J connectivity index is 3.02. The number of nitrogens with two attached hydrogens (primary N) is 1. The van der Waals surface area contributed by atoms with E-state index in [1.165, 1.54) is 0 Å². The van der Waals surface area contributed by atoms with E-state index in [1.807, 2.05) is 6.07 Å². The molecule has 19 heavy (non-hydrogen) atoms. The van der Waals surface area contributed by atoms with E-state index in [2.05, 4.69) is 16.8 Å². The molecule has 0 fully saturated rings. The van der Waals surface area contributed by atoms with Crippen LogP contribution in [0.5, 0.6) is 0 Å². The molecule has 0 aliphatic heterocycles. The fraction of sp³-hybridized carbons (Fsp3) is 0.615. The van der Waals surface area contributed by atoms with Gasteiger partial charge in [0.05, 0.1) is 24.3 Å². The number of nitrogens with zero attached hydrogens (tertiary/aromatic N) is 2. The first-order valence-electron chi connectivity index (χ1n) is 6.23. The highest BCUT2D eigenvalue weighted by atomic mass is 35.5. The van der Waals surface area contributed by atoms with Gasteiger partial charge in [-0.1, -0.05) is 11.6 Å². The lowest BCUT2D eigenvalue weighted by Crippen LogP contribution is -2.39. The fourth-order valence-electron chi connectivity index (χ4n) is 1.89. The van der Waals surface area contributed by atoms with Crippen molar-refractivity contribution < 1.29 is 9.47 Å². The van der Waals surface area contributed by atoms with Gasteiger partial charge in [-0.2, -0.15) is 0 Å². The summed E-state index contributed by atoms with van der Waals surface area (Å²) >= 11 is 6.36. The molecule has 1 aromatic heterocycles. The number of rotatable bonds is 8. The lowest BCUT2D eigenvalue weighted by Gasteiger charge is -2.30. The van der Waals surface area contributed by atoms with Crippen molar-refractivity contribution in [2.45, 2.75) is 19.5 Å². The van der Waals surface area contributed by atoms with Gasteiger partial charge in [-0.3, -0.25) is 0 Å². The Bertz CT molecular complexity index is 390. The highest BCUT2D eigenvalue weighted by Gasteiger charge is 2.19. The largest absolute Gasteiger partial charge is 0.383 e. The molecule has 1 heterocycles. The van der Waals surface area contributed by atoms with Gasteiger partial charge in [0.15, 0.2) is 0 Å². The van der Waals surface area contributed by atoms with E-state index < -0.39 is 0 Å². The number of anilines is 1. The monoisotopic (exact) mass is 287 g/mol. The molecule has 6 heteroatoms. The fourth-order valence-corrected chi connectivity index (χ4v) is 2.18. The van der Waals surface area contributed by atoms with Crippen LogP contribution in [0.15, 0.2) is 12.3 Å². The zero-order valence-corrected chi connectivity index (χ0v) is 12.5. The van der Waals surface area contributed by atoms with Crippen molar-refractivity contribution >= 4 is 17.4 Å². The van der Waals surface area contributed by atoms with Gasteiger partial charge < -0.3 is 20.1 Å². The van der Waals surface area contributed by atoms with Crippen molar-refractivity contribution in [1.29, 1.82) is 0 Å². The van der Waals surface area contributed by atoms with Crippen LogP contribution in [0.1, 0.15) is 12.5 Å². The second-order valence-corrected chi connectivity index (χ2v) is 4.68. The molecule has 0 amide bonds. The van der Waals surface area contributed by atoms with E-state index in [0.717, 1.165) is 11.4 Å². The summed E-state index contributed by atoms with van der Waals surface area (Å²) in [5.41, 5.74) is 6.56. The van der Waals surface area contributed by atoms with Crippen LogP contribution in [0.25, 0.3) is 0 Å². The Kier molecular flexibility index (Phi) is 7.09. The van der Waals surface area contributed by atoms with Crippen LogP contribution in [0.2, 0.25) is 5.02 Å². The van der Waals surface area contributed by atoms with Crippen LogP contribution in [-0.4, -0.2) is 45.0 Å². The third-order valence-corrected chi connectivity index (χ3v) is 3.33. The van der Waals surface area contributed by atoms with Gasteiger partial charge in [-0.05, 0) is 18.6 Å². The lowest BCUT2D eigenvalue weighted by molar-refractivity contribution is 0.170. The minimum atomic E-state index is 0.151. The van der Waals surface area contributed by atoms with Crippen molar-refractivity contribution in [3.05, 3.63) is 22.8 Å². The zero-order chi connectivity index (χ0) is 14.3. The van der Waals surface area contributed by atoms with Gasteiger partial charge in [-0.25, -0.2) is 4.98 Å². The predicted molar refractivity (Wildman–Crippen MR) is 77.7 cm³/mol. The number of hydrogen-bond acceptors (Lipinski definition) is 5. The van der Waals surface area contributed by atoms with Crippen molar-refractivity contribution in [2.24, 2.45) is 5.73 Å². The molecule has 1 unspecified atom stereocenters. The van der Waals surface area contributed by atoms with Crippen LogP contribution >= 0.6 is 11.6 Å². The van der Waals surface area contributed by atoms with Gasteiger partial charge >= 0.3 is 0 Å². The summed E-state index contributed by atoms with van der Waals surface area (Å²) < 4.78 is 10.3. The number of aromatic nitrogens is 1. The van der Waals surface area contributed by atoms with E-state index in [1.54, 1.807) is 20.4 Å². The number of halogens is 1. The van der Waals surface area contributed by atoms with Crippen LogP contribution in [-0.2, 0) is 16.0 Å². The topological polar surface area (TPSA) is 60.6 Å². The van der Waals surface area contributed by atoms with Crippen molar-refractivity contribution in [3.63, 3.8) is 0 Å². The van der Waals surface area contributed by atoms with Crippen LogP contribution in [0.3, 0.4) is 0 Å². The molecule has 0 spiro atoms. The van der Waals surface area contributed by atoms with Gasteiger partial charge in [0.25, 0.3) is 0 Å². The van der Waals surface area contributed by atoms with Crippen molar-refractivity contribution in [1.82, 2.24) is 4.98 Å². The average Bonchev–Trinajstić information content (AvgIpc) is 2.41. The SMILES string of the molecule is COCCN(c1nccc(CN)c1Cl)C(C)COC. The summed E-state index contributed by atoms with van der Waals surface area (Å²) in [6.07, 6.45) is 1.72. The average molecular weight is 288 g/mol. The Morgan fingerprint density at radius 1 is 1.42 bits per heavy atom. The molecule has 0 radical (unpaired) electrons. The molecule has 0 bridgehead atoms. The second kappa shape index (κ2) is 8.32. The predicted octanol–water partition coefficient (Wildman–Crippen LogP) is 1.68. The summed E-state index contributed by atoms with van der Waals surface area (Å²) in [5, 5.41) is 0.601.